The van der Waals surface area contributed by atoms with Gasteiger partial charge in [-0.2, -0.15) is 18.3 Å². The number of aromatic nitrogens is 2. The summed E-state index contributed by atoms with van der Waals surface area (Å²) in [6.07, 6.45) is -3.76. The standard InChI is InChI=1S/C24H16F3N3O3/c25-24(26,27)22(32)33-23(17-10-11-20-16(12-17)13-28-29-20)19-9-5-4-8-18(19)21(31)30(23)14-15-6-2-1-3-7-15/h1-13H,14H2,(H,28,29). The highest BCUT2D eigenvalue weighted by Crippen LogP contribution is 2.47. The van der Waals surface area contributed by atoms with Gasteiger partial charge in [0.25, 0.3) is 5.91 Å². The number of aromatic amines is 1. The Morgan fingerprint density at radius 1 is 1.03 bits per heavy atom. The third kappa shape index (κ3) is 3.32. The van der Waals surface area contributed by atoms with Crippen molar-refractivity contribution in [2.75, 3.05) is 0 Å². The van der Waals surface area contributed by atoms with E-state index in [1.54, 1.807) is 54.6 Å². The lowest BCUT2D eigenvalue weighted by molar-refractivity contribution is -0.222. The summed E-state index contributed by atoms with van der Waals surface area (Å²) in [5, 5.41) is 7.31. The van der Waals surface area contributed by atoms with Crippen molar-refractivity contribution in [3.05, 3.63) is 101 Å². The molecule has 9 heteroatoms. The van der Waals surface area contributed by atoms with Gasteiger partial charge in [0.05, 0.1) is 18.3 Å². The molecule has 6 nitrogen and oxygen atoms in total. The van der Waals surface area contributed by atoms with E-state index in [0.29, 0.717) is 16.5 Å². The molecule has 1 atom stereocenters. The Kier molecular flexibility index (Phi) is 4.70. The van der Waals surface area contributed by atoms with E-state index < -0.39 is 23.8 Å². The Bertz CT molecular complexity index is 1370. The smallest absolute Gasteiger partial charge is 0.423 e. The van der Waals surface area contributed by atoms with E-state index in [-0.39, 0.29) is 23.2 Å². The molecule has 1 aliphatic heterocycles. The summed E-state index contributed by atoms with van der Waals surface area (Å²) in [5.74, 6) is -2.94. The lowest BCUT2D eigenvalue weighted by Gasteiger charge is -2.39. The summed E-state index contributed by atoms with van der Waals surface area (Å²) >= 11 is 0. The van der Waals surface area contributed by atoms with E-state index in [1.165, 1.54) is 24.4 Å². The lowest BCUT2D eigenvalue weighted by Crippen LogP contribution is -2.49. The number of hydrogen-bond acceptors (Lipinski definition) is 4. The zero-order valence-electron chi connectivity index (χ0n) is 17.0. The molecule has 1 N–H and O–H groups in total. The highest BCUT2D eigenvalue weighted by atomic mass is 19.4. The van der Waals surface area contributed by atoms with Crippen molar-refractivity contribution in [2.45, 2.75) is 18.4 Å². The first-order valence-electron chi connectivity index (χ1n) is 10.00. The van der Waals surface area contributed by atoms with Gasteiger partial charge >= 0.3 is 12.1 Å². The third-order valence-electron chi connectivity index (χ3n) is 5.63. The molecule has 1 unspecified atom stereocenters. The number of rotatable bonds is 4. The largest absolute Gasteiger partial charge is 0.491 e. The molecule has 1 aromatic heterocycles. The SMILES string of the molecule is O=C1c2ccccc2C(OC(=O)C(F)(F)F)(c2ccc3[nH]ncc3c2)N1Cc1ccccc1. The molecule has 0 fully saturated rings. The van der Waals surface area contributed by atoms with E-state index in [0.717, 1.165) is 4.90 Å². The summed E-state index contributed by atoms with van der Waals surface area (Å²) < 4.78 is 45.5. The van der Waals surface area contributed by atoms with Gasteiger partial charge in [-0.05, 0) is 23.8 Å². The maximum Gasteiger partial charge on any atom is 0.491 e. The molecule has 1 aliphatic rings. The van der Waals surface area contributed by atoms with Crippen molar-refractivity contribution in [1.29, 1.82) is 0 Å². The van der Waals surface area contributed by atoms with Crippen LogP contribution in [-0.2, 0) is 21.8 Å². The van der Waals surface area contributed by atoms with Gasteiger partial charge in [-0.3, -0.25) is 14.8 Å². The Morgan fingerprint density at radius 2 is 1.76 bits per heavy atom. The molecule has 0 spiro atoms. The van der Waals surface area contributed by atoms with E-state index in [1.807, 2.05) is 0 Å². The number of halogens is 3. The van der Waals surface area contributed by atoms with Crippen molar-refractivity contribution in [1.82, 2.24) is 15.1 Å². The average Bonchev–Trinajstić information content (AvgIpc) is 3.36. The van der Waals surface area contributed by atoms with Crippen LogP contribution in [0.2, 0.25) is 0 Å². The molecule has 0 radical (unpaired) electrons. The number of amides is 1. The molecule has 0 saturated carbocycles. The van der Waals surface area contributed by atoms with Crippen molar-refractivity contribution in [3.8, 4) is 0 Å². The highest BCUT2D eigenvalue weighted by Gasteiger charge is 2.57. The van der Waals surface area contributed by atoms with Crippen LogP contribution in [0, 0.1) is 0 Å². The van der Waals surface area contributed by atoms with Gasteiger partial charge in [0, 0.05) is 22.1 Å². The topological polar surface area (TPSA) is 75.3 Å². The van der Waals surface area contributed by atoms with Crippen molar-refractivity contribution < 1.29 is 27.5 Å². The molecular formula is C24H16F3N3O3. The first kappa shape index (κ1) is 20.7. The number of esters is 1. The molecule has 166 valence electrons. The number of H-pyrrole nitrogens is 1. The summed E-state index contributed by atoms with van der Waals surface area (Å²) in [5.41, 5.74) is -0.300. The zero-order valence-corrected chi connectivity index (χ0v) is 17.0. The average molecular weight is 451 g/mol. The summed E-state index contributed by atoms with van der Waals surface area (Å²) in [6, 6.07) is 19.7. The fraction of sp³-hybridized carbons (Fsp3) is 0.125. The number of ether oxygens (including phenoxy) is 1. The predicted molar refractivity (Wildman–Crippen MR) is 112 cm³/mol. The Balaban J connectivity index is 1.77. The van der Waals surface area contributed by atoms with E-state index in [9.17, 15) is 22.8 Å². The van der Waals surface area contributed by atoms with Crippen LogP contribution in [0.15, 0.2) is 79.0 Å². The molecule has 0 aliphatic carbocycles. The van der Waals surface area contributed by atoms with E-state index in [4.69, 9.17) is 4.74 Å². The van der Waals surface area contributed by atoms with Gasteiger partial charge in [0.2, 0.25) is 5.72 Å². The van der Waals surface area contributed by atoms with Crippen LogP contribution in [0.4, 0.5) is 13.2 Å². The summed E-state index contributed by atoms with van der Waals surface area (Å²) in [6.45, 7) is -0.0804. The maximum absolute atomic E-state index is 13.5. The Morgan fingerprint density at radius 3 is 2.52 bits per heavy atom. The molecule has 2 heterocycles. The minimum Gasteiger partial charge on any atom is -0.423 e. The molecule has 3 aromatic carbocycles. The Labute approximate surface area is 185 Å². The van der Waals surface area contributed by atoms with E-state index >= 15 is 0 Å². The van der Waals surface area contributed by atoms with Gasteiger partial charge in [0.1, 0.15) is 0 Å². The van der Waals surface area contributed by atoms with Gasteiger partial charge in [-0.25, -0.2) is 4.79 Å². The van der Waals surface area contributed by atoms with Crippen LogP contribution in [0.5, 0.6) is 0 Å². The molecule has 0 bridgehead atoms. The molecule has 4 aromatic rings. The number of carbonyl (C=O) groups excluding carboxylic acids is 2. The van der Waals surface area contributed by atoms with Crippen LogP contribution in [-0.4, -0.2) is 33.2 Å². The van der Waals surface area contributed by atoms with E-state index in [2.05, 4.69) is 10.2 Å². The maximum atomic E-state index is 13.5. The second-order valence-corrected chi connectivity index (χ2v) is 7.63. The number of benzene rings is 3. The molecule has 33 heavy (non-hydrogen) atoms. The monoisotopic (exact) mass is 451 g/mol. The number of fused-ring (bicyclic) bond motifs is 2. The third-order valence-corrected chi connectivity index (χ3v) is 5.63. The highest BCUT2D eigenvalue weighted by molar-refractivity contribution is 6.01. The zero-order chi connectivity index (χ0) is 23.2. The molecule has 5 rings (SSSR count). The minimum absolute atomic E-state index is 0.0804. The normalized spacial score (nSPS) is 17.9. The fourth-order valence-electron chi connectivity index (χ4n) is 4.17. The van der Waals surface area contributed by atoms with Gasteiger partial charge < -0.3 is 4.74 Å². The number of nitrogens with one attached hydrogen (secondary N) is 1. The van der Waals surface area contributed by atoms with Crippen molar-refractivity contribution >= 4 is 22.8 Å². The van der Waals surface area contributed by atoms with Crippen LogP contribution >= 0.6 is 0 Å². The first-order chi connectivity index (χ1) is 15.8. The first-order valence-corrected chi connectivity index (χ1v) is 10.00. The fourth-order valence-corrected chi connectivity index (χ4v) is 4.17. The van der Waals surface area contributed by atoms with Crippen LogP contribution < -0.4 is 0 Å². The number of carbonyl (C=O) groups is 2. The lowest BCUT2D eigenvalue weighted by atomic mass is 9.92. The Hall–Kier alpha value is -4.14. The van der Waals surface area contributed by atoms with Gasteiger partial charge in [-0.15, -0.1) is 0 Å². The summed E-state index contributed by atoms with van der Waals surface area (Å²) in [7, 11) is 0. The number of nitrogens with zero attached hydrogens (tertiary/aromatic N) is 2. The van der Waals surface area contributed by atoms with Crippen molar-refractivity contribution in [2.24, 2.45) is 0 Å². The predicted octanol–water partition coefficient (Wildman–Crippen LogP) is 4.53. The van der Waals surface area contributed by atoms with Crippen LogP contribution in [0.1, 0.15) is 27.0 Å². The number of alkyl halides is 3. The quantitative estimate of drug-likeness (QED) is 0.463. The van der Waals surface area contributed by atoms with Gasteiger partial charge in [0.15, 0.2) is 0 Å². The molecule has 1 amide bonds. The van der Waals surface area contributed by atoms with Crippen LogP contribution in [0.3, 0.4) is 0 Å². The van der Waals surface area contributed by atoms with Crippen molar-refractivity contribution in [3.63, 3.8) is 0 Å². The molecular weight excluding hydrogens is 435 g/mol. The minimum atomic E-state index is -5.26. The second-order valence-electron chi connectivity index (χ2n) is 7.63. The summed E-state index contributed by atoms with van der Waals surface area (Å²) in [4.78, 5) is 26.9. The second kappa shape index (κ2) is 7.47. The van der Waals surface area contributed by atoms with Gasteiger partial charge in [-0.1, -0.05) is 54.6 Å². The number of hydrogen-bond donors (Lipinski definition) is 1. The van der Waals surface area contributed by atoms with Crippen LogP contribution in [0.25, 0.3) is 10.9 Å². The molecule has 0 saturated heterocycles.